The number of pyridine rings is 2. The number of anilines is 2. The van der Waals surface area contributed by atoms with Gasteiger partial charge in [-0.2, -0.15) is 0 Å². The maximum absolute atomic E-state index is 12.4. The summed E-state index contributed by atoms with van der Waals surface area (Å²) in [5, 5.41) is 1.10. The number of esters is 1. The SMILES string of the molecule is COc1ccc2cc3c(nc2c1)N(c1ccc(C(=O)Oc2cccnc2)cc1)CC3. The first-order valence-electron chi connectivity index (χ1n) is 9.69. The highest BCUT2D eigenvalue weighted by Crippen LogP contribution is 2.35. The van der Waals surface area contributed by atoms with Gasteiger partial charge in [0.15, 0.2) is 0 Å². The molecular formula is C24H19N3O3. The molecule has 0 radical (unpaired) electrons. The lowest BCUT2D eigenvalue weighted by Gasteiger charge is -2.19. The largest absolute Gasteiger partial charge is 0.497 e. The van der Waals surface area contributed by atoms with Crippen LogP contribution in [-0.4, -0.2) is 29.6 Å². The Hall–Kier alpha value is -3.93. The first kappa shape index (κ1) is 18.1. The molecule has 0 spiro atoms. The van der Waals surface area contributed by atoms with Crippen molar-refractivity contribution < 1.29 is 14.3 Å². The van der Waals surface area contributed by atoms with Crippen LogP contribution in [0.5, 0.6) is 11.5 Å². The Bertz CT molecular complexity index is 1220. The van der Waals surface area contributed by atoms with Gasteiger partial charge in [-0.1, -0.05) is 0 Å². The van der Waals surface area contributed by atoms with Crippen molar-refractivity contribution in [2.24, 2.45) is 0 Å². The van der Waals surface area contributed by atoms with Crippen LogP contribution >= 0.6 is 0 Å². The summed E-state index contributed by atoms with van der Waals surface area (Å²) < 4.78 is 10.7. The van der Waals surface area contributed by atoms with E-state index >= 15 is 0 Å². The summed E-state index contributed by atoms with van der Waals surface area (Å²) in [4.78, 5) is 23.4. The fraction of sp³-hybridized carbons (Fsp3) is 0.125. The number of rotatable bonds is 4. The van der Waals surface area contributed by atoms with E-state index in [-0.39, 0.29) is 0 Å². The molecule has 6 nitrogen and oxygen atoms in total. The van der Waals surface area contributed by atoms with E-state index in [1.165, 1.54) is 11.8 Å². The first-order chi connectivity index (χ1) is 14.7. The molecule has 0 amide bonds. The number of aromatic nitrogens is 2. The molecule has 2 aromatic heterocycles. The predicted molar refractivity (Wildman–Crippen MR) is 115 cm³/mol. The molecule has 6 heteroatoms. The minimum atomic E-state index is -0.410. The Kier molecular flexibility index (Phi) is 4.52. The maximum atomic E-state index is 12.4. The summed E-state index contributed by atoms with van der Waals surface area (Å²) in [6.45, 7) is 0.843. The number of fused-ring (bicyclic) bond motifs is 2. The highest BCUT2D eigenvalue weighted by Gasteiger charge is 2.23. The molecule has 1 aliphatic heterocycles. The Morgan fingerprint density at radius 1 is 1.03 bits per heavy atom. The van der Waals surface area contributed by atoms with E-state index in [1.54, 1.807) is 37.6 Å². The van der Waals surface area contributed by atoms with Crippen LogP contribution in [0.15, 0.2) is 73.1 Å². The Morgan fingerprint density at radius 2 is 1.90 bits per heavy atom. The normalized spacial score (nSPS) is 12.6. The van der Waals surface area contributed by atoms with E-state index in [1.807, 2.05) is 30.3 Å². The Labute approximate surface area is 173 Å². The number of methoxy groups -OCH3 is 1. The minimum Gasteiger partial charge on any atom is -0.497 e. The summed E-state index contributed by atoms with van der Waals surface area (Å²) in [6, 6.07) is 18.9. The van der Waals surface area contributed by atoms with Crippen LogP contribution in [0.4, 0.5) is 11.5 Å². The molecule has 0 saturated heterocycles. The van der Waals surface area contributed by atoms with Gasteiger partial charge in [0.2, 0.25) is 0 Å². The molecule has 3 heterocycles. The quantitative estimate of drug-likeness (QED) is 0.471. The fourth-order valence-corrected chi connectivity index (χ4v) is 3.67. The summed E-state index contributed by atoms with van der Waals surface area (Å²) in [7, 11) is 1.65. The van der Waals surface area contributed by atoms with E-state index < -0.39 is 5.97 Å². The second-order valence-corrected chi connectivity index (χ2v) is 7.06. The molecule has 0 aliphatic carbocycles. The highest BCUT2D eigenvalue weighted by molar-refractivity contribution is 5.92. The molecule has 1 aliphatic rings. The van der Waals surface area contributed by atoms with Gasteiger partial charge in [-0.05, 0) is 66.6 Å². The zero-order chi connectivity index (χ0) is 20.5. The van der Waals surface area contributed by atoms with Crippen molar-refractivity contribution in [2.75, 3.05) is 18.6 Å². The number of hydrogen-bond donors (Lipinski definition) is 0. The van der Waals surface area contributed by atoms with Crippen LogP contribution in [0.3, 0.4) is 0 Å². The molecular weight excluding hydrogens is 378 g/mol. The van der Waals surface area contributed by atoms with Gasteiger partial charge in [-0.15, -0.1) is 0 Å². The van der Waals surface area contributed by atoms with Crippen molar-refractivity contribution >= 4 is 28.4 Å². The van der Waals surface area contributed by atoms with Gasteiger partial charge in [0.05, 0.1) is 24.4 Å². The number of hydrogen-bond acceptors (Lipinski definition) is 6. The smallest absolute Gasteiger partial charge is 0.343 e. The van der Waals surface area contributed by atoms with E-state index in [2.05, 4.69) is 16.0 Å². The van der Waals surface area contributed by atoms with Gasteiger partial charge in [-0.25, -0.2) is 9.78 Å². The third-order valence-electron chi connectivity index (χ3n) is 5.20. The van der Waals surface area contributed by atoms with Gasteiger partial charge in [0.25, 0.3) is 0 Å². The predicted octanol–water partition coefficient (Wildman–Crippen LogP) is 4.55. The summed E-state index contributed by atoms with van der Waals surface area (Å²) in [5.41, 5.74) is 3.59. The lowest BCUT2D eigenvalue weighted by atomic mass is 10.1. The number of nitrogens with zero attached hydrogens (tertiary/aromatic N) is 3. The van der Waals surface area contributed by atoms with Crippen molar-refractivity contribution in [3.8, 4) is 11.5 Å². The maximum Gasteiger partial charge on any atom is 0.343 e. The zero-order valence-corrected chi connectivity index (χ0v) is 16.4. The number of carbonyl (C=O) groups is 1. The van der Waals surface area contributed by atoms with E-state index in [0.29, 0.717) is 11.3 Å². The molecule has 5 rings (SSSR count). The first-order valence-corrected chi connectivity index (χ1v) is 9.69. The summed E-state index contributed by atoms with van der Waals surface area (Å²) in [5.74, 6) is 1.75. The molecule has 148 valence electrons. The van der Waals surface area contributed by atoms with Gasteiger partial charge < -0.3 is 14.4 Å². The van der Waals surface area contributed by atoms with E-state index in [9.17, 15) is 4.79 Å². The third kappa shape index (κ3) is 3.33. The van der Waals surface area contributed by atoms with Crippen LogP contribution < -0.4 is 14.4 Å². The van der Waals surface area contributed by atoms with Crippen molar-refractivity contribution in [3.63, 3.8) is 0 Å². The third-order valence-corrected chi connectivity index (χ3v) is 5.20. The van der Waals surface area contributed by atoms with Crippen molar-refractivity contribution in [3.05, 3.63) is 84.2 Å². The highest BCUT2D eigenvalue weighted by atomic mass is 16.5. The molecule has 0 saturated carbocycles. The van der Waals surface area contributed by atoms with E-state index in [4.69, 9.17) is 14.5 Å². The standard InChI is InChI=1S/C24H19N3O3/c1-29-20-9-6-17-13-18-10-12-27(23(18)26-22(17)14-20)19-7-4-16(5-8-19)24(28)30-21-3-2-11-25-15-21/h2-9,11,13-15H,10,12H2,1H3. The van der Waals surface area contributed by atoms with E-state index in [0.717, 1.165) is 41.1 Å². The molecule has 30 heavy (non-hydrogen) atoms. The molecule has 4 aromatic rings. The van der Waals surface area contributed by atoms with Gasteiger partial charge >= 0.3 is 5.97 Å². The minimum absolute atomic E-state index is 0.410. The molecule has 2 aromatic carbocycles. The van der Waals surface area contributed by atoms with Gasteiger partial charge in [-0.3, -0.25) is 4.98 Å². The molecule has 0 N–H and O–H groups in total. The lowest BCUT2D eigenvalue weighted by molar-refractivity contribution is 0.0734. The van der Waals surface area contributed by atoms with Crippen LogP contribution in [0.1, 0.15) is 15.9 Å². The summed E-state index contributed by atoms with van der Waals surface area (Å²) >= 11 is 0. The number of benzene rings is 2. The lowest BCUT2D eigenvalue weighted by Crippen LogP contribution is -2.15. The Balaban J connectivity index is 1.41. The van der Waals surface area contributed by atoms with Crippen molar-refractivity contribution in [2.45, 2.75) is 6.42 Å². The topological polar surface area (TPSA) is 64.5 Å². The fourth-order valence-electron chi connectivity index (χ4n) is 3.67. The van der Waals surface area contributed by atoms with Crippen molar-refractivity contribution in [1.82, 2.24) is 9.97 Å². The molecule has 0 unspecified atom stereocenters. The van der Waals surface area contributed by atoms with Crippen LogP contribution in [0.25, 0.3) is 10.9 Å². The molecule has 0 fully saturated rings. The Morgan fingerprint density at radius 3 is 2.67 bits per heavy atom. The van der Waals surface area contributed by atoms with Crippen LogP contribution in [-0.2, 0) is 6.42 Å². The number of ether oxygens (including phenoxy) is 2. The van der Waals surface area contributed by atoms with Crippen LogP contribution in [0.2, 0.25) is 0 Å². The van der Waals surface area contributed by atoms with Gasteiger partial charge in [0, 0.05) is 29.9 Å². The second kappa shape index (κ2) is 7.48. The average molecular weight is 397 g/mol. The molecule has 0 bridgehead atoms. The molecule has 0 atom stereocenters. The monoisotopic (exact) mass is 397 g/mol. The van der Waals surface area contributed by atoms with Crippen LogP contribution in [0, 0.1) is 0 Å². The summed E-state index contributed by atoms with van der Waals surface area (Å²) in [6.07, 6.45) is 4.07. The average Bonchev–Trinajstić information content (AvgIpc) is 3.20. The number of carbonyl (C=O) groups excluding carboxylic acids is 1. The van der Waals surface area contributed by atoms with Gasteiger partial charge in [0.1, 0.15) is 17.3 Å². The second-order valence-electron chi connectivity index (χ2n) is 7.06. The van der Waals surface area contributed by atoms with Crippen molar-refractivity contribution in [1.29, 1.82) is 0 Å². The zero-order valence-electron chi connectivity index (χ0n) is 16.4.